The SMILES string of the molecule is CCOc1ccc(NC(=O)CCC(=O)OCC(=O)c2ccc(OC(=O)c3ccco3)cc2)cc1. The fraction of sp³-hybridized carbons (Fsp3) is 0.200. The molecule has 0 bridgehead atoms. The van der Waals surface area contributed by atoms with Crippen LogP contribution in [0.4, 0.5) is 5.69 Å². The molecule has 0 atom stereocenters. The maximum absolute atomic E-state index is 12.2. The van der Waals surface area contributed by atoms with Crippen molar-refractivity contribution in [2.24, 2.45) is 0 Å². The topological polar surface area (TPSA) is 121 Å². The summed E-state index contributed by atoms with van der Waals surface area (Å²) in [5.41, 5.74) is 0.856. The molecule has 34 heavy (non-hydrogen) atoms. The number of carbonyl (C=O) groups is 4. The van der Waals surface area contributed by atoms with E-state index in [9.17, 15) is 19.2 Å². The van der Waals surface area contributed by atoms with Gasteiger partial charge in [-0.25, -0.2) is 4.79 Å². The van der Waals surface area contributed by atoms with Crippen LogP contribution in [0, 0.1) is 0 Å². The largest absolute Gasteiger partial charge is 0.494 e. The van der Waals surface area contributed by atoms with Crippen LogP contribution >= 0.6 is 0 Å². The number of Topliss-reactive ketones (excluding diaryl/α,β-unsaturated/α-hetero) is 1. The molecule has 0 aliphatic carbocycles. The first-order valence-corrected chi connectivity index (χ1v) is 10.5. The highest BCUT2D eigenvalue weighted by Crippen LogP contribution is 2.17. The molecule has 1 aromatic heterocycles. The lowest BCUT2D eigenvalue weighted by Gasteiger charge is -2.08. The van der Waals surface area contributed by atoms with E-state index in [2.05, 4.69) is 5.32 Å². The first-order chi connectivity index (χ1) is 16.4. The fourth-order valence-electron chi connectivity index (χ4n) is 2.80. The van der Waals surface area contributed by atoms with Crippen LogP contribution < -0.4 is 14.8 Å². The molecule has 0 radical (unpaired) electrons. The molecule has 1 amide bonds. The number of ketones is 1. The Labute approximate surface area is 195 Å². The number of hydrogen-bond donors (Lipinski definition) is 1. The number of furan rings is 1. The summed E-state index contributed by atoms with van der Waals surface area (Å²) in [6, 6.07) is 15.7. The Balaban J connectivity index is 1.38. The van der Waals surface area contributed by atoms with Crippen molar-refractivity contribution in [2.45, 2.75) is 19.8 Å². The number of amides is 1. The molecule has 0 fully saturated rings. The first kappa shape index (κ1) is 24.2. The second kappa shape index (κ2) is 12.0. The van der Waals surface area contributed by atoms with Gasteiger partial charge in [0, 0.05) is 17.7 Å². The molecule has 2 aromatic carbocycles. The predicted octanol–water partition coefficient (Wildman–Crippen LogP) is 4.04. The van der Waals surface area contributed by atoms with Gasteiger partial charge < -0.3 is 23.9 Å². The fourth-order valence-corrected chi connectivity index (χ4v) is 2.80. The summed E-state index contributed by atoms with van der Waals surface area (Å²) in [4.78, 5) is 48.0. The van der Waals surface area contributed by atoms with Crippen molar-refractivity contribution >= 4 is 29.3 Å². The average Bonchev–Trinajstić information content (AvgIpc) is 3.38. The summed E-state index contributed by atoms with van der Waals surface area (Å²) in [7, 11) is 0. The normalized spacial score (nSPS) is 10.3. The van der Waals surface area contributed by atoms with Gasteiger partial charge in [-0.15, -0.1) is 0 Å². The number of benzene rings is 2. The average molecular weight is 465 g/mol. The first-order valence-electron chi connectivity index (χ1n) is 10.5. The van der Waals surface area contributed by atoms with Crippen LogP contribution in [0.1, 0.15) is 40.7 Å². The third-order valence-electron chi connectivity index (χ3n) is 4.48. The van der Waals surface area contributed by atoms with E-state index in [-0.39, 0.29) is 35.8 Å². The zero-order valence-electron chi connectivity index (χ0n) is 18.4. The summed E-state index contributed by atoms with van der Waals surface area (Å²) in [5, 5.41) is 2.67. The van der Waals surface area contributed by atoms with E-state index < -0.39 is 24.3 Å². The second-order valence-electron chi connectivity index (χ2n) is 6.98. The minimum absolute atomic E-state index is 0.0558. The monoisotopic (exact) mass is 465 g/mol. The minimum atomic E-state index is -0.667. The number of carbonyl (C=O) groups excluding carboxylic acids is 4. The number of esters is 2. The number of anilines is 1. The van der Waals surface area contributed by atoms with Crippen molar-refractivity contribution in [1.29, 1.82) is 0 Å². The zero-order chi connectivity index (χ0) is 24.3. The van der Waals surface area contributed by atoms with Gasteiger partial charge >= 0.3 is 11.9 Å². The van der Waals surface area contributed by atoms with Gasteiger partial charge in [0.2, 0.25) is 11.7 Å². The number of hydrogen-bond acceptors (Lipinski definition) is 8. The Morgan fingerprint density at radius 3 is 2.24 bits per heavy atom. The van der Waals surface area contributed by atoms with Crippen LogP contribution in [0.15, 0.2) is 71.3 Å². The maximum Gasteiger partial charge on any atom is 0.379 e. The molecular formula is C25H23NO8. The van der Waals surface area contributed by atoms with Crippen molar-refractivity contribution in [3.8, 4) is 11.5 Å². The molecule has 1 N–H and O–H groups in total. The van der Waals surface area contributed by atoms with Gasteiger partial charge in [0.25, 0.3) is 0 Å². The van der Waals surface area contributed by atoms with Gasteiger partial charge in [0.15, 0.2) is 12.4 Å². The van der Waals surface area contributed by atoms with E-state index in [1.54, 1.807) is 30.3 Å². The van der Waals surface area contributed by atoms with Crippen LogP contribution in [0.2, 0.25) is 0 Å². The Morgan fingerprint density at radius 1 is 0.882 bits per heavy atom. The van der Waals surface area contributed by atoms with Crippen molar-refractivity contribution in [2.75, 3.05) is 18.5 Å². The quantitative estimate of drug-likeness (QED) is 0.256. The molecule has 9 nitrogen and oxygen atoms in total. The van der Waals surface area contributed by atoms with Crippen molar-refractivity contribution in [3.05, 3.63) is 78.3 Å². The van der Waals surface area contributed by atoms with Crippen LogP contribution in [0.3, 0.4) is 0 Å². The van der Waals surface area contributed by atoms with E-state index in [4.69, 9.17) is 18.6 Å². The smallest absolute Gasteiger partial charge is 0.379 e. The molecular weight excluding hydrogens is 442 g/mol. The lowest BCUT2D eigenvalue weighted by atomic mass is 10.1. The van der Waals surface area contributed by atoms with Crippen LogP contribution in [0.25, 0.3) is 0 Å². The summed E-state index contributed by atoms with van der Waals surface area (Å²) in [5.74, 6) is -1.14. The van der Waals surface area contributed by atoms with Crippen LogP contribution in [-0.2, 0) is 14.3 Å². The second-order valence-corrected chi connectivity index (χ2v) is 6.98. The summed E-state index contributed by atoms with van der Waals surface area (Å²) >= 11 is 0. The number of rotatable bonds is 11. The van der Waals surface area contributed by atoms with Gasteiger partial charge in [-0.1, -0.05) is 0 Å². The van der Waals surface area contributed by atoms with E-state index in [1.165, 1.54) is 36.6 Å². The number of nitrogens with one attached hydrogen (secondary N) is 1. The summed E-state index contributed by atoms with van der Waals surface area (Å²) in [6.07, 6.45) is 1.10. The standard InChI is InChI=1S/C25H23NO8/c1-2-31-19-11-7-18(8-12-19)26-23(28)13-14-24(29)33-16-21(27)17-5-9-20(10-6-17)34-25(30)22-4-3-15-32-22/h3-12,15H,2,13-14,16H2,1H3,(H,26,28). The Hall–Kier alpha value is -4.40. The van der Waals surface area contributed by atoms with Gasteiger partial charge in [-0.05, 0) is 67.6 Å². The lowest BCUT2D eigenvalue weighted by molar-refractivity contribution is -0.143. The Morgan fingerprint density at radius 2 is 1.59 bits per heavy atom. The van der Waals surface area contributed by atoms with Crippen molar-refractivity contribution in [3.63, 3.8) is 0 Å². The molecule has 3 aromatic rings. The molecule has 176 valence electrons. The zero-order valence-corrected chi connectivity index (χ0v) is 18.4. The lowest BCUT2D eigenvalue weighted by Crippen LogP contribution is -2.17. The van der Waals surface area contributed by atoms with Gasteiger partial charge in [-0.2, -0.15) is 0 Å². The van der Waals surface area contributed by atoms with E-state index in [0.29, 0.717) is 18.0 Å². The van der Waals surface area contributed by atoms with Crippen LogP contribution in [-0.4, -0.2) is 36.8 Å². The molecule has 0 unspecified atom stereocenters. The summed E-state index contributed by atoms with van der Waals surface area (Å²) < 4.78 is 20.4. The third-order valence-corrected chi connectivity index (χ3v) is 4.48. The third kappa shape index (κ3) is 7.33. The molecule has 0 aliphatic rings. The summed E-state index contributed by atoms with van der Waals surface area (Å²) in [6.45, 7) is 1.95. The highest BCUT2D eigenvalue weighted by atomic mass is 16.5. The van der Waals surface area contributed by atoms with E-state index in [0.717, 1.165) is 0 Å². The molecule has 9 heteroatoms. The van der Waals surface area contributed by atoms with Crippen molar-refractivity contribution < 1.29 is 37.8 Å². The molecule has 0 saturated carbocycles. The molecule has 3 rings (SSSR count). The van der Waals surface area contributed by atoms with E-state index >= 15 is 0 Å². The maximum atomic E-state index is 12.2. The molecule has 1 heterocycles. The predicted molar refractivity (Wildman–Crippen MR) is 121 cm³/mol. The molecule has 0 spiro atoms. The highest BCUT2D eigenvalue weighted by Gasteiger charge is 2.14. The number of ether oxygens (including phenoxy) is 3. The Kier molecular flexibility index (Phi) is 8.56. The Bertz CT molecular complexity index is 1120. The van der Waals surface area contributed by atoms with Crippen LogP contribution in [0.5, 0.6) is 11.5 Å². The highest BCUT2D eigenvalue weighted by molar-refractivity contribution is 5.98. The van der Waals surface area contributed by atoms with Gasteiger partial charge in [0.05, 0.1) is 19.3 Å². The van der Waals surface area contributed by atoms with E-state index in [1.807, 2.05) is 6.92 Å². The van der Waals surface area contributed by atoms with Gasteiger partial charge in [0.1, 0.15) is 11.5 Å². The van der Waals surface area contributed by atoms with Gasteiger partial charge in [-0.3, -0.25) is 14.4 Å². The van der Waals surface area contributed by atoms with Crippen molar-refractivity contribution in [1.82, 2.24) is 0 Å². The molecule has 0 aliphatic heterocycles. The minimum Gasteiger partial charge on any atom is -0.494 e. The molecule has 0 saturated heterocycles.